The number of amides is 1. The Labute approximate surface area is 185 Å². The number of fused-ring (bicyclic) bond motifs is 1. The van der Waals surface area contributed by atoms with Crippen LogP contribution in [0, 0.1) is 11.3 Å². The Morgan fingerprint density at radius 2 is 2.09 bits per heavy atom. The molecule has 0 aliphatic carbocycles. The highest BCUT2D eigenvalue weighted by Gasteiger charge is 2.27. The zero-order chi connectivity index (χ0) is 23.5. The van der Waals surface area contributed by atoms with Crippen molar-refractivity contribution in [2.45, 2.75) is 51.9 Å². The standard InChI is InChI=1S/C22H26FN7O2/c1-5-13(2)29-18-6-17(15-10-28-30-12-14(7-24)8-26-20(15)30)25-9-16(18)21(31)27-11-19(23)22(3,4)32/h6,8-10,12-13,19,32H,5,11H2,1-4H3,(H,25,29)(H,27,31)/t13-,19?/m1/s1. The maximum Gasteiger partial charge on any atom is 0.255 e. The number of nitrogens with one attached hydrogen (secondary N) is 2. The summed E-state index contributed by atoms with van der Waals surface area (Å²) >= 11 is 0. The predicted octanol–water partition coefficient (Wildman–Crippen LogP) is 2.71. The molecule has 0 bridgehead atoms. The Kier molecular flexibility index (Phi) is 6.69. The SMILES string of the molecule is CC[C@@H](C)Nc1cc(-c2cnn3cc(C#N)cnc23)ncc1C(=O)NCC(F)C(C)(C)O. The maximum atomic E-state index is 14.1. The number of carbonyl (C=O) groups excluding carboxylic acids is 1. The van der Waals surface area contributed by atoms with Crippen LogP contribution < -0.4 is 10.6 Å². The van der Waals surface area contributed by atoms with Crippen molar-refractivity contribution in [1.29, 1.82) is 5.26 Å². The van der Waals surface area contributed by atoms with E-state index < -0.39 is 17.7 Å². The highest BCUT2D eigenvalue weighted by Crippen LogP contribution is 2.27. The number of anilines is 1. The minimum absolute atomic E-state index is 0.0716. The van der Waals surface area contributed by atoms with E-state index in [1.807, 2.05) is 19.9 Å². The van der Waals surface area contributed by atoms with Gasteiger partial charge in [0, 0.05) is 18.4 Å². The van der Waals surface area contributed by atoms with Crippen LogP contribution in [0.4, 0.5) is 10.1 Å². The van der Waals surface area contributed by atoms with Gasteiger partial charge in [-0.1, -0.05) is 6.92 Å². The molecule has 0 aliphatic heterocycles. The van der Waals surface area contributed by atoms with Gasteiger partial charge in [0.15, 0.2) is 5.65 Å². The second kappa shape index (κ2) is 9.28. The van der Waals surface area contributed by atoms with Crippen LogP contribution in [0.25, 0.3) is 16.9 Å². The molecule has 3 aromatic heterocycles. The third-order valence-electron chi connectivity index (χ3n) is 5.13. The minimum atomic E-state index is -1.62. The lowest BCUT2D eigenvalue weighted by molar-refractivity contribution is -0.00177. The fraction of sp³-hybridized carbons (Fsp3) is 0.409. The zero-order valence-electron chi connectivity index (χ0n) is 18.4. The van der Waals surface area contributed by atoms with Gasteiger partial charge in [-0.05, 0) is 33.3 Å². The molecule has 2 atom stereocenters. The summed E-state index contributed by atoms with van der Waals surface area (Å²) in [6.45, 7) is 6.36. The Hall–Kier alpha value is -3.58. The predicted molar refractivity (Wildman–Crippen MR) is 118 cm³/mol. The van der Waals surface area contributed by atoms with Crippen LogP contribution in [0.3, 0.4) is 0 Å². The van der Waals surface area contributed by atoms with E-state index in [9.17, 15) is 14.3 Å². The first-order valence-corrected chi connectivity index (χ1v) is 10.3. The van der Waals surface area contributed by atoms with Crippen LogP contribution in [0.2, 0.25) is 0 Å². The Balaban J connectivity index is 1.95. The largest absolute Gasteiger partial charge is 0.387 e. The third kappa shape index (κ3) is 5.00. The molecular weight excluding hydrogens is 413 g/mol. The van der Waals surface area contributed by atoms with Gasteiger partial charge in [0.25, 0.3) is 5.91 Å². The van der Waals surface area contributed by atoms with Gasteiger partial charge in [0.1, 0.15) is 12.2 Å². The number of alkyl halides is 1. The molecule has 168 valence electrons. The van der Waals surface area contributed by atoms with Crippen molar-refractivity contribution in [2.75, 3.05) is 11.9 Å². The molecule has 10 heteroatoms. The Bertz CT molecular complexity index is 1160. The molecule has 3 rings (SSSR count). The van der Waals surface area contributed by atoms with Gasteiger partial charge in [0.05, 0.1) is 52.6 Å². The smallest absolute Gasteiger partial charge is 0.255 e. The number of nitriles is 1. The van der Waals surface area contributed by atoms with Gasteiger partial charge in [-0.25, -0.2) is 13.9 Å². The second-order valence-corrected chi connectivity index (χ2v) is 8.18. The molecule has 3 N–H and O–H groups in total. The molecule has 9 nitrogen and oxygen atoms in total. The lowest BCUT2D eigenvalue weighted by Crippen LogP contribution is -2.42. The van der Waals surface area contributed by atoms with Crippen LogP contribution in [-0.2, 0) is 0 Å². The number of pyridine rings is 1. The molecular formula is C22H26FN7O2. The molecule has 0 aromatic carbocycles. The first kappa shape index (κ1) is 23.1. The summed E-state index contributed by atoms with van der Waals surface area (Å²) in [5.41, 5.74) is 1.31. The van der Waals surface area contributed by atoms with Crippen molar-refractivity contribution in [1.82, 2.24) is 24.9 Å². The average molecular weight is 439 g/mol. The number of carbonyl (C=O) groups is 1. The van der Waals surface area contributed by atoms with E-state index in [0.717, 1.165) is 6.42 Å². The zero-order valence-corrected chi connectivity index (χ0v) is 18.4. The minimum Gasteiger partial charge on any atom is -0.387 e. The molecule has 3 aromatic rings. The van der Waals surface area contributed by atoms with Crippen molar-refractivity contribution >= 4 is 17.2 Å². The molecule has 0 spiro atoms. The van der Waals surface area contributed by atoms with Crippen LogP contribution in [0.15, 0.2) is 30.9 Å². The number of hydrogen-bond donors (Lipinski definition) is 3. The summed E-state index contributed by atoms with van der Waals surface area (Å²) < 4.78 is 15.6. The summed E-state index contributed by atoms with van der Waals surface area (Å²) in [6.07, 6.45) is 5.24. The molecule has 1 unspecified atom stereocenters. The van der Waals surface area contributed by atoms with Crippen molar-refractivity contribution in [3.63, 3.8) is 0 Å². The van der Waals surface area contributed by atoms with Crippen LogP contribution in [0.1, 0.15) is 50.0 Å². The molecule has 0 aliphatic rings. The Morgan fingerprint density at radius 1 is 1.34 bits per heavy atom. The highest BCUT2D eigenvalue weighted by molar-refractivity contribution is 6.00. The van der Waals surface area contributed by atoms with E-state index in [1.54, 1.807) is 18.5 Å². The van der Waals surface area contributed by atoms with Crippen LogP contribution in [-0.4, -0.2) is 55.0 Å². The quantitative estimate of drug-likeness (QED) is 0.492. The lowest BCUT2D eigenvalue weighted by atomic mass is 10.0. The first-order valence-electron chi connectivity index (χ1n) is 10.3. The monoisotopic (exact) mass is 439 g/mol. The lowest BCUT2D eigenvalue weighted by Gasteiger charge is -2.23. The summed E-state index contributed by atoms with van der Waals surface area (Å²) in [5, 5.41) is 28.8. The average Bonchev–Trinajstić information content (AvgIpc) is 3.19. The number of aromatic nitrogens is 4. The van der Waals surface area contributed by atoms with E-state index in [4.69, 9.17) is 5.26 Å². The normalized spacial score (nSPS) is 13.4. The molecule has 0 radical (unpaired) electrons. The van der Waals surface area contributed by atoms with Gasteiger partial charge in [-0.15, -0.1) is 0 Å². The van der Waals surface area contributed by atoms with E-state index in [-0.39, 0.29) is 18.2 Å². The van der Waals surface area contributed by atoms with E-state index in [0.29, 0.717) is 28.2 Å². The van der Waals surface area contributed by atoms with E-state index >= 15 is 0 Å². The van der Waals surface area contributed by atoms with E-state index in [1.165, 1.54) is 30.8 Å². The summed E-state index contributed by atoms with van der Waals surface area (Å²) in [6, 6.07) is 3.81. The molecule has 3 heterocycles. The van der Waals surface area contributed by atoms with E-state index in [2.05, 4.69) is 25.7 Å². The van der Waals surface area contributed by atoms with Gasteiger partial charge < -0.3 is 15.7 Å². The van der Waals surface area contributed by atoms with Gasteiger partial charge >= 0.3 is 0 Å². The third-order valence-corrected chi connectivity index (χ3v) is 5.13. The Morgan fingerprint density at radius 3 is 2.75 bits per heavy atom. The van der Waals surface area contributed by atoms with Crippen molar-refractivity contribution in [3.8, 4) is 17.3 Å². The van der Waals surface area contributed by atoms with Crippen molar-refractivity contribution in [2.24, 2.45) is 0 Å². The fourth-order valence-corrected chi connectivity index (χ4v) is 2.91. The fourth-order valence-electron chi connectivity index (χ4n) is 2.91. The van der Waals surface area contributed by atoms with Gasteiger partial charge in [-0.3, -0.25) is 9.78 Å². The van der Waals surface area contributed by atoms with Gasteiger partial charge in [-0.2, -0.15) is 10.4 Å². The number of halogens is 1. The second-order valence-electron chi connectivity index (χ2n) is 8.18. The molecule has 0 fully saturated rings. The molecule has 0 saturated heterocycles. The molecule has 1 amide bonds. The maximum absolute atomic E-state index is 14.1. The number of hydrogen-bond acceptors (Lipinski definition) is 7. The highest BCUT2D eigenvalue weighted by atomic mass is 19.1. The van der Waals surface area contributed by atoms with Crippen molar-refractivity contribution in [3.05, 3.63) is 42.0 Å². The summed E-state index contributed by atoms with van der Waals surface area (Å²) in [4.78, 5) is 21.4. The van der Waals surface area contributed by atoms with Gasteiger partial charge in [0.2, 0.25) is 0 Å². The number of rotatable bonds is 8. The number of nitrogens with zero attached hydrogens (tertiary/aromatic N) is 5. The van der Waals surface area contributed by atoms with Crippen LogP contribution >= 0.6 is 0 Å². The molecule has 0 saturated carbocycles. The van der Waals surface area contributed by atoms with Crippen molar-refractivity contribution < 1.29 is 14.3 Å². The topological polar surface area (TPSA) is 128 Å². The summed E-state index contributed by atoms with van der Waals surface area (Å²) in [7, 11) is 0. The number of aliphatic hydroxyl groups is 1. The molecule has 32 heavy (non-hydrogen) atoms. The summed E-state index contributed by atoms with van der Waals surface area (Å²) in [5.74, 6) is -0.501. The first-order chi connectivity index (χ1) is 15.1. The van der Waals surface area contributed by atoms with Crippen LogP contribution in [0.5, 0.6) is 0 Å².